The minimum atomic E-state index is -0.226. The van der Waals surface area contributed by atoms with Gasteiger partial charge in [0.1, 0.15) is 0 Å². The highest BCUT2D eigenvalue weighted by atomic mass is 35.5. The van der Waals surface area contributed by atoms with Crippen molar-refractivity contribution in [1.82, 2.24) is 20.3 Å². The van der Waals surface area contributed by atoms with Crippen LogP contribution in [-0.4, -0.2) is 53.3 Å². The van der Waals surface area contributed by atoms with E-state index in [1.54, 1.807) is 19.4 Å². The summed E-state index contributed by atoms with van der Waals surface area (Å²) in [6.07, 6.45) is 5.59. The molecule has 2 aromatic rings. The third kappa shape index (κ3) is 4.03. The van der Waals surface area contributed by atoms with Crippen LogP contribution in [0.15, 0.2) is 12.3 Å². The number of amides is 1. The maximum atomic E-state index is 12.5. The van der Waals surface area contributed by atoms with Crippen molar-refractivity contribution in [2.24, 2.45) is 0 Å². The van der Waals surface area contributed by atoms with Crippen molar-refractivity contribution < 1.29 is 14.3 Å². The molecule has 0 aliphatic heterocycles. The maximum Gasteiger partial charge on any atom is 0.272 e. The molecule has 7 nitrogen and oxygen atoms in total. The summed E-state index contributed by atoms with van der Waals surface area (Å²) in [4.78, 5) is 23.7. The fraction of sp³-hybridized carbons (Fsp3) is 0.562. The number of aromatic nitrogens is 3. The molecule has 3 rings (SSSR count). The van der Waals surface area contributed by atoms with Gasteiger partial charge in [-0.15, -0.1) is 0 Å². The minimum Gasteiger partial charge on any atom is -0.382 e. The van der Waals surface area contributed by atoms with E-state index in [2.05, 4.69) is 20.3 Å². The molecule has 2 aromatic heterocycles. The first-order valence-corrected chi connectivity index (χ1v) is 8.47. The molecule has 0 spiro atoms. The van der Waals surface area contributed by atoms with E-state index < -0.39 is 0 Å². The summed E-state index contributed by atoms with van der Waals surface area (Å²) in [5.41, 5.74) is 1.53. The number of carbonyl (C=O) groups excluding carboxylic acids is 1. The summed E-state index contributed by atoms with van der Waals surface area (Å²) < 4.78 is 10.7. The second-order valence-electron chi connectivity index (χ2n) is 5.89. The summed E-state index contributed by atoms with van der Waals surface area (Å²) in [5.74, 6) is -0.226. The molecule has 0 bridgehead atoms. The number of rotatable bonds is 6. The molecule has 0 atom stereocenters. The first-order chi connectivity index (χ1) is 11.7. The van der Waals surface area contributed by atoms with Crippen molar-refractivity contribution in [3.63, 3.8) is 0 Å². The van der Waals surface area contributed by atoms with Crippen LogP contribution < -0.4 is 5.32 Å². The van der Waals surface area contributed by atoms with E-state index in [0.717, 1.165) is 25.7 Å². The zero-order valence-electron chi connectivity index (χ0n) is 13.5. The number of hydrogen-bond donors (Lipinski definition) is 2. The average Bonchev–Trinajstić information content (AvgIpc) is 3.04. The molecule has 0 unspecified atom stereocenters. The van der Waals surface area contributed by atoms with Gasteiger partial charge in [-0.25, -0.2) is 9.97 Å². The Morgan fingerprint density at radius 1 is 1.33 bits per heavy atom. The van der Waals surface area contributed by atoms with Gasteiger partial charge in [-0.1, -0.05) is 0 Å². The zero-order chi connectivity index (χ0) is 16.9. The molecule has 2 heterocycles. The molecule has 1 aliphatic carbocycles. The minimum absolute atomic E-state index is 0.0718. The van der Waals surface area contributed by atoms with Crippen LogP contribution >= 0.6 is 11.6 Å². The van der Waals surface area contributed by atoms with Gasteiger partial charge in [0, 0.05) is 19.3 Å². The SMILES string of the molecule is COCCO[C@H]1CC[C@H](NC(=O)c2nc(Cl)nc3cc[nH]c23)CC1. The summed E-state index contributed by atoms with van der Waals surface area (Å²) in [6.45, 7) is 1.22. The van der Waals surface area contributed by atoms with Crippen LogP contribution in [0.4, 0.5) is 0 Å². The van der Waals surface area contributed by atoms with E-state index in [1.165, 1.54) is 0 Å². The molecule has 2 N–H and O–H groups in total. The lowest BCUT2D eigenvalue weighted by Crippen LogP contribution is -2.39. The number of halogens is 1. The number of nitrogens with one attached hydrogen (secondary N) is 2. The van der Waals surface area contributed by atoms with Gasteiger partial charge in [0.05, 0.1) is 30.4 Å². The van der Waals surface area contributed by atoms with Crippen molar-refractivity contribution >= 4 is 28.5 Å². The van der Waals surface area contributed by atoms with Crippen molar-refractivity contribution in [1.29, 1.82) is 0 Å². The van der Waals surface area contributed by atoms with Gasteiger partial charge in [-0.3, -0.25) is 4.79 Å². The van der Waals surface area contributed by atoms with Gasteiger partial charge < -0.3 is 19.8 Å². The van der Waals surface area contributed by atoms with Gasteiger partial charge in [0.25, 0.3) is 5.91 Å². The highest BCUT2D eigenvalue weighted by molar-refractivity contribution is 6.29. The number of hydrogen-bond acceptors (Lipinski definition) is 5. The number of ether oxygens (including phenoxy) is 2. The van der Waals surface area contributed by atoms with Crippen LogP contribution in [0.25, 0.3) is 11.0 Å². The van der Waals surface area contributed by atoms with E-state index in [1.807, 2.05) is 0 Å². The van der Waals surface area contributed by atoms with Crippen LogP contribution in [0.5, 0.6) is 0 Å². The standard InChI is InChI=1S/C16H21ClN4O3/c1-23-8-9-24-11-4-2-10(3-5-11)19-15(22)14-13-12(6-7-18-13)20-16(17)21-14/h6-7,10-11,18H,2-5,8-9H2,1H3,(H,19,22)/t10-,11-. The monoisotopic (exact) mass is 352 g/mol. The molecule has 0 saturated heterocycles. The first-order valence-electron chi connectivity index (χ1n) is 8.09. The number of fused-ring (bicyclic) bond motifs is 1. The van der Waals surface area contributed by atoms with Crippen LogP contribution in [0.2, 0.25) is 5.28 Å². The normalized spacial score (nSPS) is 21.1. The quantitative estimate of drug-likeness (QED) is 0.615. The third-order valence-electron chi connectivity index (χ3n) is 4.24. The number of methoxy groups -OCH3 is 1. The smallest absolute Gasteiger partial charge is 0.272 e. The summed E-state index contributed by atoms with van der Waals surface area (Å²) in [5, 5.41) is 3.12. The van der Waals surface area contributed by atoms with Gasteiger partial charge in [0.15, 0.2) is 5.69 Å². The molecule has 24 heavy (non-hydrogen) atoms. The Hall–Kier alpha value is -1.70. The summed E-state index contributed by atoms with van der Waals surface area (Å²) in [6, 6.07) is 1.89. The molecular weight excluding hydrogens is 332 g/mol. The molecule has 1 fully saturated rings. The Morgan fingerprint density at radius 3 is 2.88 bits per heavy atom. The second-order valence-corrected chi connectivity index (χ2v) is 6.23. The van der Waals surface area contributed by atoms with E-state index in [4.69, 9.17) is 21.1 Å². The fourth-order valence-electron chi connectivity index (χ4n) is 3.01. The topological polar surface area (TPSA) is 89.1 Å². The first kappa shape index (κ1) is 17.1. The highest BCUT2D eigenvalue weighted by Gasteiger charge is 2.24. The lowest BCUT2D eigenvalue weighted by atomic mass is 9.93. The maximum absolute atomic E-state index is 12.5. The van der Waals surface area contributed by atoms with Crippen LogP contribution in [0.1, 0.15) is 36.2 Å². The molecular formula is C16H21ClN4O3. The summed E-state index contributed by atoms with van der Waals surface area (Å²) >= 11 is 5.90. The Bertz CT molecular complexity index is 698. The van der Waals surface area contributed by atoms with Crippen molar-refractivity contribution in [2.45, 2.75) is 37.8 Å². The third-order valence-corrected chi connectivity index (χ3v) is 4.41. The predicted molar refractivity (Wildman–Crippen MR) is 90.2 cm³/mol. The molecule has 1 saturated carbocycles. The van der Waals surface area contributed by atoms with Crippen LogP contribution in [0.3, 0.4) is 0 Å². The average molecular weight is 353 g/mol. The van der Waals surface area contributed by atoms with Crippen LogP contribution in [0, 0.1) is 0 Å². The Kier molecular flexibility index (Phi) is 5.65. The molecule has 0 radical (unpaired) electrons. The number of carbonyl (C=O) groups is 1. The van der Waals surface area contributed by atoms with Gasteiger partial charge in [0.2, 0.25) is 5.28 Å². The number of nitrogens with zero attached hydrogens (tertiary/aromatic N) is 2. The van der Waals surface area contributed by atoms with Gasteiger partial charge in [-0.2, -0.15) is 0 Å². The molecule has 8 heteroatoms. The second kappa shape index (κ2) is 7.92. The lowest BCUT2D eigenvalue weighted by Gasteiger charge is -2.29. The van der Waals surface area contributed by atoms with Crippen molar-refractivity contribution in [2.75, 3.05) is 20.3 Å². The lowest BCUT2D eigenvalue weighted by molar-refractivity contribution is -0.00409. The number of aromatic amines is 1. The van der Waals surface area contributed by atoms with E-state index in [9.17, 15) is 4.79 Å². The van der Waals surface area contributed by atoms with Gasteiger partial charge >= 0.3 is 0 Å². The largest absolute Gasteiger partial charge is 0.382 e. The highest BCUT2D eigenvalue weighted by Crippen LogP contribution is 2.22. The molecule has 130 valence electrons. The van der Waals surface area contributed by atoms with Crippen molar-refractivity contribution in [3.05, 3.63) is 23.2 Å². The van der Waals surface area contributed by atoms with E-state index in [-0.39, 0.29) is 29.0 Å². The molecule has 1 amide bonds. The molecule has 1 aliphatic rings. The molecule has 0 aromatic carbocycles. The van der Waals surface area contributed by atoms with E-state index in [0.29, 0.717) is 24.2 Å². The fourth-order valence-corrected chi connectivity index (χ4v) is 3.18. The zero-order valence-corrected chi connectivity index (χ0v) is 14.3. The Labute approximate surface area is 145 Å². The predicted octanol–water partition coefficient (Wildman–Crippen LogP) is 2.32. The Morgan fingerprint density at radius 2 is 2.12 bits per heavy atom. The van der Waals surface area contributed by atoms with Crippen molar-refractivity contribution in [3.8, 4) is 0 Å². The summed E-state index contributed by atoms with van der Waals surface area (Å²) in [7, 11) is 1.66. The van der Waals surface area contributed by atoms with Gasteiger partial charge in [-0.05, 0) is 43.4 Å². The van der Waals surface area contributed by atoms with E-state index >= 15 is 0 Å². The number of H-pyrrole nitrogens is 1. The Balaban J connectivity index is 1.57. The van der Waals surface area contributed by atoms with Crippen LogP contribution in [-0.2, 0) is 9.47 Å².